The highest BCUT2D eigenvalue weighted by molar-refractivity contribution is 5.89. The fraction of sp³-hybridized carbons (Fsp3) is 0.462. The number of aliphatic hydroxyl groups excluding tert-OH is 1. The van der Waals surface area contributed by atoms with E-state index >= 15 is 0 Å². The average Bonchev–Trinajstić information content (AvgIpc) is 2.31. The highest BCUT2D eigenvalue weighted by Crippen LogP contribution is 2.14. The van der Waals surface area contributed by atoms with Crippen LogP contribution in [0.25, 0.3) is 0 Å². The lowest BCUT2D eigenvalue weighted by molar-refractivity contribution is 0.104. The Kier molecular flexibility index (Phi) is 4.12. The molecule has 0 heterocycles. The Hall–Kier alpha value is -1.55. The second-order valence-electron chi connectivity index (χ2n) is 4.83. The molecule has 4 heteroatoms. The standard InChI is InChI=1S/C13H20N2O2/c1-10-5-7-11(8-6-10)14-12(17)15(4)13(2,3)9-16/h5-8,16H,9H2,1-4H3,(H,14,17). The van der Waals surface area contributed by atoms with Crippen LogP contribution in [0.3, 0.4) is 0 Å². The van der Waals surface area contributed by atoms with Gasteiger partial charge in [0.1, 0.15) is 0 Å². The Balaban J connectivity index is 2.69. The maximum atomic E-state index is 11.9. The van der Waals surface area contributed by atoms with Gasteiger partial charge in [-0.1, -0.05) is 17.7 Å². The zero-order valence-corrected chi connectivity index (χ0v) is 10.8. The summed E-state index contributed by atoms with van der Waals surface area (Å²) < 4.78 is 0. The van der Waals surface area contributed by atoms with E-state index in [0.29, 0.717) is 0 Å². The molecule has 0 aromatic heterocycles. The molecule has 1 aromatic rings. The van der Waals surface area contributed by atoms with Gasteiger partial charge in [-0.15, -0.1) is 0 Å². The van der Waals surface area contributed by atoms with Crippen molar-refractivity contribution in [2.45, 2.75) is 26.3 Å². The van der Waals surface area contributed by atoms with Gasteiger partial charge in [0.15, 0.2) is 0 Å². The molecule has 0 aliphatic heterocycles. The molecule has 0 aliphatic carbocycles. The summed E-state index contributed by atoms with van der Waals surface area (Å²) in [5.74, 6) is 0. The van der Waals surface area contributed by atoms with Gasteiger partial charge in [-0.3, -0.25) is 0 Å². The van der Waals surface area contributed by atoms with Gasteiger partial charge < -0.3 is 15.3 Å². The predicted molar refractivity (Wildman–Crippen MR) is 69.1 cm³/mol. The Morgan fingerprint density at radius 1 is 1.35 bits per heavy atom. The smallest absolute Gasteiger partial charge is 0.322 e. The van der Waals surface area contributed by atoms with E-state index in [0.717, 1.165) is 11.3 Å². The number of nitrogens with one attached hydrogen (secondary N) is 1. The number of urea groups is 1. The molecule has 0 spiro atoms. The van der Waals surface area contributed by atoms with Crippen LogP contribution in [0.1, 0.15) is 19.4 Å². The van der Waals surface area contributed by atoms with Crippen molar-refractivity contribution in [3.63, 3.8) is 0 Å². The van der Waals surface area contributed by atoms with Crippen LogP contribution in [0.15, 0.2) is 24.3 Å². The van der Waals surface area contributed by atoms with Crippen LogP contribution in [0.2, 0.25) is 0 Å². The lowest BCUT2D eigenvalue weighted by atomic mass is 10.1. The van der Waals surface area contributed by atoms with Gasteiger partial charge in [-0.25, -0.2) is 4.79 Å². The molecule has 0 unspecified atom stereocenters. The molecule has 0 saturated heterocycles. The van der Waals surface area contributed by atoms with Crippen LogP contribution in [-0.4, -0.2) is 35.2 Å². The van der Waals surface area contributed by atoms with Gasteiger partial charge in [0, 0.05) is 12.7 Å². The predicted octanol–water partition coefficient (Wildman–Crippen LogP) is 2.23. The molecule has 2 N–H and O–H groups in total. The van der Waals surface area contributed by atoms with Gasteiger partial charge >= 0.3 is 6.03 Å². The van der Waals surface area contributed by atoms with Crippen molar-refractivity contribution in [2.24, 2.45) is 0 Å². The molecular formula is C13H20N2O2. The molecule has 1 aromatic carbocycles. The minimum absolute atomic E-state index is 0.0786. The maximum Gasteiger partial charge on any atom is 0.322 e. The number of anilines is 1. The number of hydrogen-bond donors (Lipinski definition) is 2. The SMILES string of the molecule is Cc1ccc(NC(=O)N(C)C(C)(C)CO)cc1. The molecule has 2 amide bonds. The van der Waals surface area contributed by atoms with Crippen LogP contribution in [0.5, 0.6) is 0 Å². The fourth-order valence-electron chi connectivity index (χ4n) is 1.23. The molecule has 0 saturated carbocycles. The van der Waals surface area contributed by atoms with Crippen LogP contribution < -0.4 is 5.32 Å². The maximum absolute atomic E-state index is 11.9. The summed E-state index contributed by atoms with van der Waals surface area (Å²) >= 11 is 0. The van der Waals surface area contributed by atoms with Crippen LogP contribution in [0.4, 0.5) is 10.5 Å². The van der Waals surface area contributed by atoms with E-state index in [1.165, 1.54) is 4.90 Å². The first-order valence-electron chi connectivity index (χ1n) is 5.59. The number of benzene rings is 1. The average molecular weight is 236 g/mol. The lowest BCUT2D eigenvalue weighted by Gasteiger charge is -2.33. The van der Waals surface area contributed by atoms with Crippen molar-refractivity contribution >= 4 is 11.7 Å². The van der Waals surface area contributed by atoms with Gasteiger partial charge in [0.25, 0.3) is 0 Å². The van der Waals surface area contributed by atoms with E-state index in [1.54, 1.807) is 7.05 Å². The van der Waals surface area contributed by atoms with E-state index < -0.39 is 5.54 Å². The molecule has 0 aliphatic rings. The van der Waals surface area contributed by atoms with Crippen molar-refractivity contribution in [1.29, 1.82) is 0 Å². The third kappa shape index (κ3) is 3.46. The third-order valence-electron chi connectivity index (χ3n) is 2.90. The first-order chi connectivity index (χ1) is 7.86. The largest absolute Gasteiger partial charge is 0.394 e. The van der Waals surface area contributed by atoms with Crippen molar-refractivity contribution in [2.75, 3.05) is 19.0 Å². The van der Waals surface area contributed by atoms with Crippen LogP contribution >= 0.6 is 0 Å². The number of rotatable bonds is 3. The second kappa shape index (κ2) is 5.19. The monoisotopic (exact) mass is 236 g/mol. The number of nitrogens with zero attached hydrogens (tertiary/aromatic N) is 1. The molecule has 4 nitrogen and oxygen atoms in total. The number of amides is 2. The van der Waals surface area contributed by atoms with E-state index in [2.05, 4.69) is 5.32 Å². The molecule has 0 atom stereocenters. The van der Waals surface area contributed by atoms with E-state index in [9.17, 15) is 9.90 Å². The highest BCUT2D eigenvalue weighted by Gasteiger charge is 2.26. The Morgan fingerprint density at radius 2 is 1.88 bits per heavy atom. The molecule has 17 heavy (non-hydrogen) atoms. The minimum atomic E-state index is -0.575. The lowest BCUT2D eigenvalue weighted by Crippen LogP contribution is -2.49. The first-order valence-corrected chi connectivity index (χ1v) is 5.59. The summed E-state index contributed by atoms with van der Waals surface area (Å²) in [6.45, 7) is 5.53. The molecule has 0 radical (unpaired) electrons. The highest BCUT2D eigenvalue weighted by atomic mass is 16.3. The number of likely N-dealkylation sites (N-methyl/N-ethyl adjacent to an activating group) is 1. The van der Waals surface area contributed by atoms with E-state index in [1.807, 2.05) is 45.0 Å². The van der Waals surface area contributed by atoms with Crippen molar-refractivity contribution < 1.29 is 9.90 Å². The number of carbonyl (C=O) groups excluding carboxylic acids is 1. The summed E-state index contributed by atoms with van der Waals surface area (Å²) in [4.78, 5) is 13.4. The van der Waals surface area contributed by atoms with Crippen molar-refractivity contribution in [1.82, 2.24) is 4.90 Å². The molecule has 1 rings (SSSR count). The number of aliphatic hydroxyl groups is 1. The van der Waals surface area contributed by atoms with E-state index in [4.69, 9.17) is 0 Å². The Bertz CT molecular complexity index is 385. The van der Waals surface area contributed by atoms with Crippen LogP contribution in [0, 0.1) is 6.92 Å². The minimum Gasteiger partial charge on any atom is -0.394 e. The Morgan fingerprint density at radius 3 is 2.35 bits per heavy atom. The van der Waals surface area contributed by atoms with Crippen molar-refractivity contribution in [3.8, 4) is 0 Å². The second-order valence-corrected chi connectivity index (χ2v) is 4.83. The van der Waals surface area contributed by atoms with Gasteiger partial charge in [0.05, 0.1) is 12.1 Å². The normalized spacial score (nSPS) is 11.1. The molecular weight excluding hydrogens is 216 g/mol. The molecule has 94 valence electrons. The summed E-state index contributed by atoms with van der Waals surface area (Å²) in [7, 11) is 1.67. The van der Waals surface area contributed by atoms with Crippen molar-refractivity contribution in [3.05, 3.63) is 29.8 Å². The van der Waals surface area contributed by atoms with Gasteiger partial charge in [-0.05, 0) is 32.9 Å². The molecule has 0 fully saturated rings. The van der Waals surface area contributed by atoms with Gasteiger partial charge in [-0.2, -0.15) is 0 Å². The summed E-state index contributed by atoms with van der Waals surface area (Å²) in [5.41, 5.74) is 1.32. The Labute approximate surface area is 102 Å². The third-order valence-corrected chi connectivity index (χ3v) is 2.90. The summed E-state index contributed by atoms with van der Waals surface area (Å²) in [5, 5.41) is 12.0. The van der Waals surface area contributed by atoms with Gasteiger partial charge in [0.2, 0.25) is 0 Å². The number of hydrogen-bond acceptors (Lipinski definition) is 2. The van der Waals surface area contributed by atoms with Crippen LogP contribution in [-0.2, 0) is 0 Å². The molecule has 0 bridgehead atoms. The first kappa shape index (κ1) is 13.5. The summed E-state index contributed by atoms with van der Waals surface area (Å²) in [6, 6.07) is 7.35. The fourth-order valence-corrected chi connectivity index (χ4v) is 1.23. The quantitative estimate of drug-likeness (QED) is 0.845. The summed E-state index contributed by atoms with van der Waals surface area (Å²) in [6.07, 6.45) is 0. The number of aryl methyl sites for hydroxylation is 1. The number of carbonyl (C=O) groups is 1. The zero-order chi connectivity index (χ0) is 13.1. The topological polar surface area (TPSA) is 52.6 Å². The van der Waals surface area contributed by atoms with E-state index in [-0.39, 0.29) is 12.6 Å². The zero-order valence-electron chi connectivity index (χ0n) is 10.8.